The highest BCUT2D eigenvalue weighted by molar-refractivity contribution is 8.13. The number of hydrogen-bond acceptors (Lipinski definition) is 4. The molecule has 0 atom stereocenters. The molecule has 0 fully saturated rings. The van der Waals surface area contributed by atoms with Gasteiger partial charge < -0.3 is 5.73 Å². The minimum absolute atomic E-state index is 0.0616. The highest BCUT2D eigenvalue weighted by atomic mass is 32.2. The number of nitrogens with one attached hydrogen (secondary N) is 1. The predicted octanol–water partition coefficient (Wildman–Crippen LogP) is 1.96. The van der Waals surface area contributed by atoms with Gasteiger partial charge in [-0.25, -0.2) is 0 Å². The maximum atomic E-state index is 11.8. The molecule has 0 amide bonds. The summed E-state index contributed by atoms with van der Waals surface area (Å²) in [5.41, 5.74) is 9.52. The van der Waals surface area contributed by atoms with Gasteiger partial charge in [0.2, 0.25) is 0 Å². The van der Waals surface area contributed by atoms with Crippen molar-refractivity contribution in [2.75, 3.05) is 6.26 Å². The van der Waals surface area contributed by atoms with Crippen molar-refractivity contribution in [2.24, 2.45) is 10.8 Å². The maximum Gasteiger partial charge on any atom is 0.187 e. The molecule has 0 bridgehead atoms. The van der Waals surface area contributed by atoms with E-state index in [-0.39, 0.29) is 5.78 Å². The monoisotopic (exact) mass is 249 g/mol. The number of benzene rings is 1. The molecule has 0 radical (unpaired) electrons. The van der Waals surface area contributed by atoms with Crippen molar-refractivity contribution in [1.82, 2.24) is 5.43 Å². The van der Waals surface area contributed by atoms with Crippen LogP contribution in [0.1, 0.15) is 17.3 Å². The van der Waals surface area contributed by atoms with E-state index in [1.54, 1.807) is 19.1 Å². The summed E-state index contributed by atoms with van der Waals surface area (Å²) >= 11 is 1.34. The molecule has 3 N–H and O–H groups in total. The zero-order chi connectivity index (χ0) is 12.7. The first-order valence-corrected chi connectivity index (χ1v) is 6.27. The molecular weight excluding hydrogens is 234 g/mol. The third kappa shape index (κ3) is 4.74. The van der Waals surface area contributed by atoms with Crippen molar-refractivity contribution in [1.29, 1.82) is 0 Å². The number of hydrazone groups is 1. The van der Waals surface area contributed by atoms with Crippen molar-refractivity contribution < 1.29 is 4.79 Å². The summed E-state index contributed by atoms with van der Waals surface area (Å²) in [5, 5.41) is 4.30. The Hall–Kier alpha value is -1.75. The Morgan fingerprint density at radius 2 is 2.06 bits per heavy atom. The number of nitrogens with zero attached hydrogens (tertiary/aromatic N) is 1. The molecule has 0 aliphatic rings. The number of thioether (sulfide) groups is 1. The number of carbonyl (C=O) groups excluding carboxylic acids is 1. The summed E-state index contributed by atoms with van der Waals surface area (Å²) in [6, 6.07) is 9.06. The lowest BCUT2D eigenvalue weighted by Gasteiger charge is -2.01. The minimum Gasteiger partial charge on any atom is -0.377 e. The lowest BCUT2D eigenvalue weighted by molar-refractivity contribution is 0.104. The van der Waals surface area contributed by atoms with E-state index >= 15 is 0 Å². The second kappa shape index (κ2) is 6.75. The maximum absolute atomic E-state index is 11.8. The van der Waals surface area contributed by atoms with Gasteiger partial charge in [-0.2, -0.15) is 5.10 Å². The fourth-order valence-corrected chi connectivity index (χ4v) is 1.24. The van der Waals surface area contributed by atoms with Crippen LogP contribution in [-0.4, -0.2) is 17.2 Å². The first-order chi connectivity index (χ1) is 8.13. The van der Waals surface area contributed by atoms with Gasteiger partial charge in [0.1, 0.15) is 0 Å². The van der Waals surface area contributed by atoms with Crippen LogP contribution in [0.3, 0.4) is 0 Å². The van der Waals surface area contributed by atoms with Crippen LogP contribution >= 0.6 is 11.8 Å². The van der Waals surface area contributed by atoms with E-state index in [1.807, 2.05) is 24.5 Å². The van der Waals surface area contributed by atoms with Crippen LogP contribution in [0.2, 0.25) is 0 Å². The lowest BCUT2D eigenvalue weighted by Crippen LogP contribution is -2.13. The van der Waals surface area contributed by atoms with Gasteiger partial charge in [0.05, 0.1) is 0 Å². The van der Waals surface area contributed by atoms with Crippen LogP contribution in [-0.2, 0) is 0 Å². The molecule has 0 unspecified atom stereocenters. The molecule has 1 aromatic rings. The molecule has 1 rings (SSSR count). The first kappa shape index (κ1) is 13.3. The molecule has 0 spiro atoms. The van der Waals surface area contributed by atoms with Crippen molar-refractivity contribution in [3.63, 3.8) is 0 Å². The number of allylic oxidation sites excluding steroid dienone is 2. The van der Waals surface area contributed by atoms with Crippen LogP contribution in [0.5, 0.6) is 0 Å². The molecule has 90 valence electrons. The van der Waals surface area contributed by atoms with E-state index in [0.29, 0.717) is 16.4 Å². The summed E-state index contributed by atoms with van der Waals surface area (Å²) in [6.45, 7) is 1.76. The largest absolute Gasteiger partial charge is 0.377 e. The average Bonchev–Trinajstić information content (AvgIpc) is 2.36. The molecule has 0 aliphatic carbocycles. The van der Waals surface area contributed by atoms with Crippen LogP contribution in [0.25, 0.3) is 0 Å². The molecule has 5 heteroatoms. The number of ketones is 1. The van der Waals surface area contributed by atoms with Crippen molar-refractivity contribution in [3.05, 3.63) is 47.7 Å². The molecule has 4 nitrogen and oxygen atoms in total. The van der Waals surface area contributed by atoms with E-state index in [4.69, 9.17) is 5.73 Å². The summed E-state index contributed by atoms with van der Waals surface area (Å²) in [5.74, 6) is -0.0616. The van der Waals surface area contributed by atoms with Gasteiger partial charge in [-0.05, 0) is 13.2 Å². The molecule has 17 heavy (non-hydrogen) atoms. The Kier molecular flexibility index (Phi) is 5.29. The highest BCUT2D eigenvalue weighted by Gasteiger charge is 2.01. The predicted molar refractivity (Wildman–Crippen MR) is 72.8 cm³/mol. The normalized spacial score (nSPS) is 12.4. The Morgan fingerprint density at radius 3 is 2.65 bits per heavy atom. The summed E-state index contributed by atoms with van der Waals surface area (Å²) in [7, 11) is 0. The van der Waals surface area contributed by atoms with Crippen LogP contribution in [0.4, 0.5) is 0 Å². The Morgan fingerprint density at radius 1 is 1.41 bits per heavy atom. The summed E-state index contributed by atoms with van der Waals surface area (Å²) in [6.07, 6.45) is 3.32. The quantitative estimate of drug-likeness (QED) is 0.281. The average molecular weight is 249 g/mol. The molecule has 0 aliphatic heterocycles. The topological polar surface area (TPSA) is 67.5 Å². The van der Waals surface area contributed by atoms with Gasteiger partial charge in [0.25, 0.3) is 0 Å². The second-order valence-electron chi connectivity index (χ2n) is 3.32. The van der Waals surface area contributed by atoms with E-state index in [1.165, 1.54) is 17.8 Å². The van der Waals surface area contributed by atoms with E-state index < -0.39 is 0 Å². The van der Waals surface area contributed by atoms with Crippen molar-refractivity contribution in [2.45, 2.75) is 6.92 Å². The van der Waals surface area contributed by atoms with Gasteiger partial charge in [-0.3, -0.25) is 10.2 Å². The number of amidine groups is 1. The third-order valence-corrected chi connectivity index (χ3v) is 2.47. The smallest absolute Gasteiger partial charge is 0.187 e. The number of nitrogens with two attached hydrogens (primary N) is 1. The fraction of sp³-hybridized carbons (Fsp3) is 0.167. The van der Waals surface area contributed by atoms with Gasteiger partial charge in [0.15, 0.2) is 11.0 Å². The SMILES string of the molecule is CS/C(N)=N/N/C(C)=C\C(=O)c1ccccc1. The van der Waals surface area contributed by atoms with Crippen molar-refractivity contribution >= 4 is 22.7 Å². The Labute approximate surface area is 105 Å². The van der Waals surface area contributed by atoms with Gasteiger partial charge in [-0.1, -0.05) is 42.1 Å². The lowest BCUT2D eigenvalue weighted by atomic mass is 10.1. The molecule has 0 saturated carbocycles. The number of rotatable bonds is 4. The van der Waals surface area contributed by atoms with E-state index in [9.17, 15) is 4.79 Å². The Bertz CT molecular complexity index is 440. The van der Waals surface area contributed by atoms with Gasteiger partial charge in [0, 0.05) is 17.3 Å². The third-order valence-electron chi connectivity index (χ3n) is 1.96. The molecule has 0 saturated heterocycles. The summed E-state index contributed by atoms with van der Waals surface area (Å²) < 4.78 is 0. The minimum atomic E-state index is -0.0616. The van der Waals surface area contributed by atoms with Crippen LogP contribution in [0.15, 0.2) is 47.2 Å². The van der Waals surface area contributed by atoms with Crippen LogP contribution < -0.4 is 11.2 Å². The van der Waals surface area contributed by atoms with Crippen LogP contribution in [0, 0.1) is 0 Å². The highest BCUT2D eigenvalue weighted by Crippen LogP contribution is 2.02. The van der Waals surface area contributed by atoms with Gasteiger partial charge >= 0.3 is 0 Å². The van der Waals surface area contributed by atoms with Crippen molar-refractivity contribution in [3.8, 4) is 0 Å². The van der Waals surface area contributed by atoms with E-state index in [2.05, 4.69) is 10.5 Å². The van der Waals surface area contributed by atoms with E-state index in [0.717, 1.165) is 0 Å². The standard InChI is InChI=1S/C12H15N3OS/c1-9(14-15-12(13)17-2)8-11(16)10-6-4-3-5-7-10/h3-8,14H,1-2H3,(H2,13,15)/b9-8-. The molecular formula is C12H15N3OS. The zero-order valence-electron chi connectivity index (χ0n) is 9.81. The first-order valence-electron chi connectivity index (χ1n) is 5.04. The second-order valence-corrected chi connectivity index (χ2v) is 4.15. The Balaban J connectivity index is 2.66. The molecule has 1 aromatic carbocycles. The number of carbonyl (C=O) groups is 1. The number of hydrogen-bond donors (Lipinski definition) is 2. The molecule has 0 heterocycles. The fourth-order valence-electron chi connectivity index (χ4n) is 1.10. The van der Waals surface area contributed by atoms with Gasteiger partial charge in [-0.15, -0.1) is 0 Å². The summed E-state index contributed by atoms with van der Waals surface area (Å²) in [4.78, 5) is 11.8. The zero-order valence-corrected chi connectivity index (χ0v) is 10.6. The molecule has 0 aromatic heterocycles.